The summed E-state index contributed by atoms with van der Waals surface area (Å²) in [5.41, 5.74) is 2.12. The van der Waals surface area contributed by atoms with E-state index < -0.39 is 5.97 Å². The molecule has 0 spiro atoms. The molecule has 0 saturated heterocycles. The van der Waals surface area contributed by atoms with Crippen molar-refractivity contribution in [3.05, 3.63) is 51.2 Å². The van der Waals surface area contributed by atoms with Crippen LogP contribution in [0.2, 0.25) is 0 Å². The topological polar surface area (TPSA) is 72.5 Å². The van der Waals surface area contributed by atoms with E-state index in [1.165, 1.54) is 11.3 Å². The van der Waals surface area contributed by atoms with Crippen molar-refractivity contribution in [3.8, 4) is 0 Å². The number of esters is 1. The molecule has 1 aromatic heterocycles. The number of Topliss-reactive ketones (excluding diaryl/α,β-unsaturated/α-hetero) is 1. The van der Waals surface area contributed by atoms with Crippen LogP contribution in [0.1, 0.15) is 51.2 Å². The standard InChI is InChI=1S/C20H23NO4S/c1-5-17-13(4)10-18(26-17)20(24)25-11-16(22)14-6-8-15(9-7-14)21-19(23)12(2)3/h6-10,12H,5,11H2,1-4H3,(H,21,23). The molecular weight excluding hydrogens is 350 g/mol. The predicted octanol–water partition coefficient (Wildman–Crippen LogP) is 4.25. The third-order valence-electron chi connectivity index (χ3n) is 3.88. The molecule has 0 aliphatic rings. The van der Waals surface area contributed by atoms with Gasteiger partial charge in [-0.3, -0.25) is 9.59 Å². The fraction of sp³-hybridized carbons (Fsp3) is 0.350. The lowest BCUT2D eigenvalue weighted by molar-refractivity contribution is -0.118. The molecule has 0 atom stereocenters. The average molecular weight is 373 g/mol. The number of ether oxygens (including phenoxy) is 1. The molecule has 5 nitrogen and oxygen atoms in total. The summed E-state index contributed by atoms with van der Waals surface area (Å²) in [5, 5.41) is 2.76. The normalized spacial score (nSPS) is 10.7. The van der Waals surface area contributed by atoms with Gasteiger partial charge < -0.3 is 10.1 Å². The minimum Gasteiger partial charge on any atom is -0.453 e. The van der Waals surface area contributed by atoms with Crippen LogP contribution in [0.25, 0.3) is 0 Å². The lowest BCUT2D eigenvalue weighted by Crippen LogP contribution is -2.18. The Balaban J connectivity index is 1.92. The number of aryl methyl sites for hydroxylation is 2. The van der Waals surface area contributed by atoms with Gasteiger partial charge in [0.1, 0.15) is 4.88 Å². The Bertz CT molecular complexity index is 806. The van der Waals surface area contributed by atoms with Crippen LogP contribution in [0, 0.1) is 12.8 Å². The van der Waals surface area contributed by atoms with Crippen molar-refractivity contribution in [2.24, 2.45) is 5.92 Å². The highest BCUT2D eigenvalue weighted by Gasteiger charge is 2.15. The number of carbonyl (C=O) groups excluding carboxylic acids is 3. The molecule has 1 aromatic carbocycles. The van der Waals surface area contributed by atoms with Gasteiger partial charge in [0.05, 0.1) is 0 Å². The summed E-state index contributed by atoms with van der Waals surface area (Å²) >= 11 is 1.40. The third kappa shape index (κ3) is 5.02. The number of amides is 1. The Labute approximate surface area is 157 Å². The predicted molar refractivity (Wildman–Crippen MR) is 103 cm³/mol. The van der Waals surface area contributed by atoms with Crippen molar-refractivity contribution >= 4 is 34.7 Å². The van der Waals surface area contributed by atoms with E-state index in [2.05, 4.69) is 5.32 Å². The number of nitrogens with one attached hydrogen (secondary N) is 1. The van der Waals surface area contributed by atoms with Crippen LogP contribution >= 0.6 is 11.3 Å². The first-order valence-corrected chi connectivity index (χ1v) is 9.34. The number of thiophene rings is 1. The molecule has 0 fully saturated rings. The van der Waals surface area contributed by atoms with E-state index in [9.17, 15) is 14.4 Å². The van der Waals surface area contributed by atoms with Crippen LogP contribution in [0.3, 0.4) is 0 Å². The molecular formula is C20H23NO4S. The fourth-order valence-corrected chi connectivity index (χ4v) is 3.29. The summed E-state index contributed by atoms with van der Waals surface area (Å²) in [6, 6.07) is 8.33. The number of hydrogen-bond acceptors (Lipinski definition) is 5. The summed E-state index contributed by atoms with van der Waals surface area (Å²) < 4.78 is 5.14. The zero-order valence-electron chi connectivity index (χ0n) is 15.4. The van der Waals surface area contributed by atoms with Crippen molar-refractivity contribution in [1.82, 2.24) is 0 Å². The van der Waals surface area contributed by atoms with Crippen molar-refractivity contribution < 1.29 is 19.1 Å². The minimum absolute atomic E-state index is 0.0873. The van der Waals surface area contributed by atoms with E-state index >= 15 is 0 Å². The molecule has 0 saturated carbocycles. The summed E-state index contributed by atoms with van der Waals surface area (Å²) in [6.45, 7) is 7.29. The van der Waals surface area contributed by atoms with E-state index in [1.807, 2.05) is 13.8 Å². The third-order valence-corrected chi connectivity index (χ3v) is 5.24. The highest BCUT2D eigenvalue weighted by molar-refractivity contribution is 7.14. The van der Waals surface area contributed by atoms with Gasteiger partial charge in [0.2, 0.25) is 5.91 Å². The Morgan fingerprint density at radius 3 is 2.35 bits per heavy atom. The minimum atomic E-state index is -0.480. The largest absolute Gasteiger partial charge is 0.453 e. The monoisotopic (exact) mass is 373 g/mol. The second-order valence-corrected chi connectivity index (χ2v) is 7.43. The van der Waals surface area contributed by atoms with E-state index in [0.717, 1.165) is 16.9 Å². The zero-order valence-corrected chi connectivity index (χ0v) is 16.2. The lowest BCUT2D eigenvalue weighted by Gasteiger charge is -2.08. The maximum absolute atomic E-state index is 12.2. The van der Waals surface area contributed by atoms with Crippen LogP contribution in [0.5, 0.6) is 0 Å². The maximum atomic E-state index is 12.2. The highest BCUT2D eigenvalue weighted by Crippen LogP contribution is 2.23. The van der Waals surface area contributed by atoms with Crippen LogP contribution in [0.4, 0.5) is 5.69 Å². The second-order valence-electron chi connectivity index (χ2n) is 6.29. The lowest BCUT2D eigenvalue weighted by atomic mass is 10.1. The molecule has 6 heteroatoms. The van der Waals surface area contributed by atoms with Gasteiger partial charge in [-0.15, -0.1) is 11.3 Å². The summed E-state index contributed by atoms with van der Waals surface area (Å²) in [7, 11) is 0. The van der Waals surface area contributed by atoms with Gasteiger partial charge in [-0.05, 0) is 49.2 Å². The first-order chi connectivity index (χ1) is 12.3. The number of anilines is 1. The molecule has 26 heavy (non-hydrogen) atoms. The van der Waals surface area contributed by atoms with Gasteiger partial charge in [-0.2, -0.15) is 0 Å². The number of carbonyl (C=O) groups is 3. The van der Waals surface area contributed by atoms with Crippen LogP contribution in [-0.2, 0) is 16.0 Å². The van der Waals surface area contributed by atoms with E-state index in [1.54, 1.807) is 44.2 Å². The second kappa shape index (κ2) is 8.76. The first kappa shape index (κ1) is 19.8. The van der Waals surface area contributed by atoms with Crippen LogP contribution in [0.15, 0.2) is 30.3 Å². The van der Waals surface area contributed by atoms with Gasteiger partial charge in [0, 0.05) is 22.0 Å². The quantitative estimate of drug-likeness (QED) is 0.582. The smallest absolute Gasteiger partial charge is 0.348 e. The molecule has 0 unspecified atom stereocenters. The highest BCUT2D eigenvalue weighted by atomic mass is 32.1. The summed E-state index contributed by atoms with van der Waals surface area (Å²) in [4.78, 5) is 37.6. The molecule has 0 radical (unpaired) electrons. The van der Waals surface area contributed by atoms with E-state index in [-0.39, 0.29) is 24.2 Å². The van der Waals surface area contributed by atoms with Gasteiger partial charge in [-0.1, -0.05) is 20.8 Å². The van der Waals surface area contributed by atoms with Crippen LogP contribution < -0.4 is 5.32 Å². The first-order valence-electron chi connectivity index (χ1n) is 8.52. The van der Waals surface area contributed by atoms with Gasteiger partial charge in [0.15, 0.2) is 12.4 Å². The van der Waals surface area contributed by atoms with Crippen LogP contribution in [-0.4, -0.2) is 24.3 Å². The molecule has 1 amide bonds. The maximum Gasteiger partial charge on any atom is 0.348 e. The van der Waals surface area contributed by atoms with E-state index in [0.29, 0.717) is 16.1 Å². The molecule has 138 valence electrons. The number of rotatable bonds is 7. The number of benzene rings is 1. The molecule has 0 aliphatic carbocycles. The molecule has 1 heterocycles. The SMILES string of the molecule is CCc1sc(C(=O)OCC(=O)c2ccc(NC(=O)C(C)C)cc2)cc1C. The molecule has 0 bridgehead atoms. The van der Waals surface area contributed by atoms with Crippen molar-refractivity contribution in [2.45, 2.75) is 34.1 Å². The Morgan fingerprint density at radius 1 is 1.15 bits per heavy atom. The zero-order chi connectivity index (χ0) is 19.3. The molecule has 0 aliphatic heterocycles. The Morgan fingerprint density at radius 2 is 1.81 bits per heavy atom. The number of hydrogen-bond donors (Lipinski definition) is 1. The van der Waals surface area contributed by atoms with Gasteiger partial charge >= 0.3 is 5.97 Å². The van der Waals surface area contributed by atoms with Gasteiger partial charge in [0.25, 0.3) is 0 Å². The molecule has 2 rings (SSSR count). The van der Waals surface area contributed by atoms with Gasteiger partial charge in [-0.25, -0.2) is 4.79 Å². The number of ketones is 1. The fourth-order valence-electron chi connectivity index (χ4n) is 2.28. The molecule has 1 N–H and O–H groups in total. The Kier molecular flexibility index (Phi) is 6.69. The summed E-state index contributed by atoms with van der Waals surface area (Å²) in [6.07, 6.45) is 0.863. The molecule has 2 aromatic rings. The summed E-state index contributed by atoms with van der Waals surface area (Å²) in [5.74, 6) is -0.975. The average Bonchev–Trinajstić information content (AvgIpc) is 3.00. The van der Waals surface area contributed by atoms with Crippen molar-refractivity contribution in [1.29, 1.82) is 0 Å². The van der Waals surface area contributed by atoms with Crippen molar-refractivity contribution in [3.63, 3.8) is 0 Å². The van der Waals surface area contributed by atoms with E-state index in [4.69, 9.17) is 4.74 Å². The Hall–Kier alpha value is -2.47. The van der Waals surface area contributed by atoms with Crippen molar-refractivity contribution in [2.75, 3.05) is 11.9 Å².